The third-order valence-electron chi connectivity index (χ3n) is 3.81. The number of carbonyl (C=O) groups excluding carboxylic acids is 2. The van der Waals surface area contributed by atoms with Crippen LogP contribution in [0.1, 0.15) is 43.5 Å². The van der Waals surface area contributed by atoms with E-state index in [0.717, 1.165) is 22.4 Å². The van der Waals surface area contributed by atoms with Gasteiger partial charge in [0, 0.05) is 13.0 Å². The molecule has 1 unspecified atom stereocenters. The molecule has 2 aromatic carbocycles. The van der Waals surface area contributed by atoms with Crippen molar-refractivity contribution in [3.8, 4) is 5.75 Å². The Kier molecular flexibility index (Phi) is 7.62. The number of rotatable bonds is 8. The normalized spacial score (nSPS) is 11.8. The summed E-state index contributed by atoms with van der Waals surface area (Å²) in [5, 5.41) is 2.98. The van der Waals surface area contributed by atoms with E-state index in [9.17, 15) is 9.59 Å². The predicted octanol–water partition coefficient (Wildman–Crippen LogP) is 3.89. The highest BCUT2D eigenvalue weighted by atomic mass is 16.5. The molecular weight excluding hydrogens is 342 g/mol. The van der Waals surface area contributed by atoms with Crippen LogP contribution >= 0.6 is 0 Å². The highest BCUT2D eigenvalue weighted by Gasteiger charge is 2.15. The fraction of sp³-hybridized carbons (Fsp3) is 0.273. The number of esters is 1. The van der Waals surface area contributed by atoms with Gasteiger partial charge in [-0.05, 0) is 54.8 Å². The van der Waals surface area contributed by atoms with Gasteiger partial charge >= 0.3 is 5.97 Å². The van der Waals surface area contributed by atoms with E-state index in [4.69, 9.17) is 9.47 Å². The van der Waals surface area contributed by atoms with Crippen LogP contribution in [0.25, 0.3) is 6.08 Å². The van der Waals surface area contributed by atoms with Crippen LogP contribution in [0.3, 0.4) is 0 Å². The smallest absolute Gasteiger partial charge is 0.330 e. The summed E-state index contributed by atoms with van der Waals surface area (Å²) in [7, 11) is 0. The van der Waals surface area contributed by atoms with Gasteiger partial charge in [-0.1, -0.05) is 30.3 Å². The molecule has 0 saturated carbocycles. The lowest BCUT2D eigenvalue weighted by molar-refractivity contribution is -0.137. The van der Waals surface area contributed by atoms with Crippen LogP contribution in [0, 0.1) is 0 Å². The second-order valence-electron chi connectivity index (χ2n) is 5.89. The van der Waals surface area contributed by atoms with Crippen LogP contribution in [0.4, 0.5) is 0 Å². The lowest BCUT2D eigenvalue weighted by Crippen LogP contribution is -2.26. The van der Waals surface area contributed by atoms with Crippen molar-refractivity contribution in [3.63, 3.8) is 0 Å². The fourth-order valence-corrected chi connectivity index (χ4v) is 2.68. The molecule has 0 bridgehead atoms. The molecule has 5 nitrogen and oxygen atoms in total. The number of hydrogen-bond acceptors (Lipinski definition) is 4. The summed E-state index contributed by atoms with van der Waals surface area (Å²) < 4.78 is 10.4. The first kappa shape index (κ1) is 20.2. The van der Waals surface area contributed by atoms with Gasteiger partial charge in [-0.3, -0.25) is 4.79 Å². The van der Waals surface area contributed by atoms with Gasteiger partial charge in [-0.25, -0.2) is 4.79 Å². The van der Waals surface area contributed by atoms with E-state index < -0.39 is 0 Å². The molecule has 2 rings (SSSR count). The maximum absolute atomic E-state index is 11.7. The number of amides is 1. The summed E-state index contributed by atoms with van der Waals surface area (Å²) >= 11 is 0. The summed E-state index contributed by atoms with van der Waals surface area (Å²) in [6.07, 6.45) is 3.09. The van der Waals surface area contributed by atoms with Crippen molar-refractivity contribution in [1.82, 2.24) is 5.32 Å². The Morgan fingerprint density at radius 3 is 2.41 bits per heavy atom. The Balaban J connectivity index is 2.29. The molecule has 0 fully saturated rings. The van der Waals surface area contributed by atoms with E-state index >= 15 is 0 Å². The van der Waals surface area contributed by atoms with Crippen LogP contribution in [0.2, 0.25) is 0 Å². The minimum absolute atomic E-state index is 0.124. The second-order valence-corrected chi connectivity index (χ2v) is 5.89. The van der Waals surface area contributed by atoms with Gasteiger partial charge in [-0.15, -0.1) is 0 Å². The van der Waals surface area contributed by atoms with Gasteiger partial charge in [0.15, 0.2) is 0 Å². The molecule has 1 N–H and O–H groups in total. The Hall–Kier alpha value is -3.08. The Labute approximate surface area is 160 Å². The van der Waals surface area contributed by atoms with Crippen LogP contribution < -0.4 is 10.1 Å². The lowest BCUT2D eigenvalue weighted by atomic mass is 9.96. The molecule has 142 valence electrons. The average Bonchev–Trinajstić information content (AvgIpc) is 2.66. The molecule has 0 aliphatic carbocycles. The van der Waals surface area contributed by atoms with E-state index in [2.05, 4.69) is 5.32 Å². The highest BCUT2D eigenvalue weighted by Crippen LogP contribution is 2.25. The molecule has 0 spiro atoms. The van der Waals surface area contributed by atoms with E-state index in [-0.39, 0.29) is 17.9 Å². The Morgan fingerprint density at radius 2 is 1.78 bits per heavy atom. The molecule has 0 heterocycles. The summed E-state index contributed by atoms with van der Waals surface area (Å²) in [6.45, 7) is 6.13. The van der Waals surface area contributed by atoms with Crippen LogP contribution in [0.5, 0.6) is 5.75 Å². The average molecular weight is 367 g/mol. The van der Waals surface area contributed by atoms with Crippen molar-refractivity contribution in [1.29, 1.82) is 0 Å². The zero-order valence-corrected chi connectivity index (χ0v) is 15.9. The summed E-state index contributed by atoms with van der Waals surface area (Å²) in [5.41, 5.74) is 2.71. The van der Waals surface area contributed by atoms with Gasteiger partial charge in [0.25, 0.3) is 0 Å². The lowest BCUT2D eigenvalue weighted by Gasteiger charge is -2.20. The van der Waals surface area contributed by atoms with Crippen molar-refractivity contribution >= 4 is 18.0 Å². The van der Waals surface area contributed by atoms with Crippen LogP contribution in [-0.4, -0.2) is 25.1 Å². The minimum Gasteiger partial charge on any atom is -0.494 e. The molecule has 0 aliphatic rings. The zero-order valence-electron chi connectivity index (χ0n) is 15.9. The van der Waals surface area contributed by atoms with Crippen molar-refractivity contribution < 1.29 is 19.1 Å². The minimum atomic E-state index is -0.382. The first-order valence-electron chi connectivity index (χ1n) is 8.98. The van der Waals surface area contributed by atoms with Crippen LogP contribution in [-0.2, 0) is 14.3 Å². The third kappa shape index (κ3) is 6.29. The van der Waals surface area contributed by atoms with Crippen molar-refractivity contribution in [2.75, 3.05) is 13.2 Å². The van der Waals surface area contributed by atoms with E-state index in [1.165, 1.54) is 13.0 Å². The largest absolute Gasteiger partial charge is 0.494 e. The quantitative estimate of drug-likeness (QED) is 0.568. The second kappa shape index (κ2) is 10.2. The zero-order chi connectivity index (χ0) is 19.6. The van der Waals surface area contributed by atoms with E-state index in [1.807, 2.05) is 55.5 Å². The Morgan fingerprint density at radius 1 is 1.04 bits per heavy atom. The number of ether oxygens (including phenoxy) is 2. The maximum atomic E-state index is 11.7. The molecule has 0 radical (unpaired) electrons. The first-order valence-corrected chi connectivity index (χ1v) is 8.98. The van der Waals surface area contributed by atoms with Gasteiger partial charge in [0.2, 0.25) is 5.91 Å². The predicted molar refractivity (Wildman–Crippen MR) is 105 cm³/mol. The summed E-state index contributed by atoms with van der Waals surface area (Å²) in [5.74, 6) is 0.281. The maximum Gasteiger partial charge on any atom is 0.330 e. The summed E-state index contributed by atoms with van der Waals surface area (Å²) in [6, 6.07) is 15.0. The highest BCUT2D eigenvalue weighted by molar-refractivity contribution is 5.87. The SMILES string of the molecule is CCOC(=O)/C=C/c1cccc(C(NC(C)=O)c2ccc(OCC)cc2)c1. The van der Waals surface area contributed by atoms with Gasteiger partial charge in [-0.2, -0.15) is 0 Å². The molecule has 1 atom stereocenters. The molecule has 0 aliphatic heterocycles. The third-order valence-corrected chi connectivity index (χ3v) is 3.81. The van der Waals surface area contributed by atoms with Crippen molar-refractivity contribution in [3.05, 3.63) is 71.3 Å². The fourth-order valence-electron chi connectivity index (χ4n) is 2.68. The van der Waals surface area contributed by atoms with E-state index in [0.29, 0.717) is 13.2 Å². The molecule has 5 heteroatoms. The van der Waals surface area contributed by atoms with Crippen LogP contribution in [0.15, 0.2) is 54.6 Å². The van der Waals surface area contributed by atoms with Gasteiger partial charge < -0.3 is 14.8 Å². The van der Waals surface area contributed by atoms with E-state index in [1.54, 1.807) is 13.0 Å². The number of hydrogen-bond donors (Lipinski definition) is 1. The number of benzene rings is 2. The molecule has 1 amide bonds. The van der Waals surface area contributed by atoms with Gasteiger partial charge in [0.05, 0.1) is 19.3 Å². The standard InChI is InChI=1S/C22H25NO4/c1-4-26-20-12-10-18(11-13-20)22(23-16(3)24)19-8-6-7-17(15-19)9-14-21(25)27-5-2/h6-15,22H,4-5H2,1-3H3,(H,23,24)/b14-9+. The number of nitrogens with one attached hydrogen (secondary N) is 1. The monoisotopic (exact) mass is 367 g/mol. The van der Waals surface area contributed by atoms with Gasteiger partial charge in [0.1, 0.15) is 5.75 Å². The molecule has 27 heavy (non-hydrogen) atoms. The van der Waals surface area contributed by atoms with Crippen molar-refractivity contribution in [2.45, 2.75) is 26.8 Å². The Bertz CT molecular complexity index is 796. The molecule has 0 aromatic heterocycles. The number of carbonyl (C=O) groups is 2. The molecule has 2 aromatic rings. The summed E-state index contributed by atoms with van der Waals surface area (Å²) in [4.78, 5) is 23.2. The molecular formula is C22H25NO4. The van der Waals surface area contributed by atoms with Crippen molar-refractivity contribution in [2.24, 2.45) is 0 Å². The first-order chi connectivity index (χ1) is 13.0. The molecule has 0 saturated heterocycles. The topological polar surface area (TPSA) is 64.6 Å².